The third-order valence-electron chi connectivity index (χ3n) is 2.32. The van der Waals surface area contributed by atoms with Crippen molar-refractivity contribution in [1.29, 1.82) is 0 Å². The van der Waals surface area contributed by atoms with E-state index in [-0.39, 0.29) is 10.4 Å². The Morgan fingerprint density at radius 2 is 2.06 bits per heavy atom. The number of fused-ring (bicyclic) bond motifs is 1. The third-order valence-corrected chi connectivity index (χ3v) is 3.21. The van der Waals surface area contributed by atoms with Crippen molar-refractivity contribution in [1.82, 2.24) is 4.57 Å². The van der Waals surface area contributed by atoms with Crippen LogP contribution in [0.3, 0.4) is 0 Å². The molecule has 0 atom stereocenters. The van der Waals surface area contributed by atoms with Crippen LogP contribution in [0.15, 0.2) is 35.4 Å². The molecule has 6 nitrogen and oxygen atoms in total. The average Bonchev–Trinajstić information content (AvgIpc) is 2.70. The van der Waals surface area contributed by atoms with Gasteiger partial charge in [0, 0.05) is 11.6 Å². The predicted octanol–water partition coefficient (Wildman–Crippen LogP) is 1.50. The minimum atomic E-state index is -4.39. The van der Waals surface area contributed by atoms with Crippen LogP contribution >= 0.6 is 0 Å². The van der Waals surface area contributed by atoms with Gasteiger partial charge in [0.15, 0.2) is 0 Å². The molecule has 1 aromatic heterocycles. The molecule has 1 heterocycles. The second-order valence-electron chi connectivity index (χ2n) is 3.32. The van der Waals surface area contributed by atoms with Gasteiger partial charge in [-0.05, 0) is 12.1 Å². The molecule has 0 spiro atoms. The van der Waals surface area contributed by atoms with E-state index in [0.29, 0.717) is 5.39 Å². The van der Waals surface area contributed by atoms with Gasteiger partial charge in [0.2, 0.25) is 0 Å². The summed E-state index contributed by atoms with van der Waals surface area (Å²) in [6, 6.07) is 5.88. The fraction of sp³-hybridized carbons (Fsp3) is 0.100. The first-order valence-corrected chi connectivity index (χ1v) is 6.05. The summed E-state index contributed by atoms with van der Waals surface area (Å²) in [6.07, 6.45) is 0.654. The average molecular weight is 255 g/mol. The summed E-state index contributed by atoms with van der Waals surface area (Å²) in [4.78, 5) is 11.1. The van der Waals surface area contributed by atoms with Gasteiger partial charge in [-0.25, -0.2) is 4.79 Å². The molecule has 7 heteroatoms. The highest BCUT2D eigenvalue weighted by Crippen LogP contribution is 2.24. The molecule has 1 N–H and O–H groups in total. The SMILES string of the molecule is COC(=O)n1ccc2cccc(S(=O)(=O)O)c21. The molecule has 0 saturated heterocycles. The normalized spacial score (nSPS) is 11.6. The lowest BCUT2D eigenvalue weighted by molar-refractivity contribution is 0.174. The molecule has 0 fully saturated rings. The van der Waals surface area contributed by atoms with Crippen LogP contribution in [0.2, 0.25) is 0 Å². The summed E-state index contributed by atoms with van der Waals surface area (Å²) >= 11 is 0. The molecule has 90 valence electrons. The number of nitrogens with zero attached hydrogens (tertiary/aromatic N) is 1. The summed E-state index contributed by atoms with van der Waals surface area (Å²) in [6.45, 7) is 0. The lowest BCUT2D eigenvalue weighted by Crippen LogP contribution is -2.12. The van der Waals surface area contributed by atoms with Crippen molar-refractivity contribution in [3.63, 3.8) is 0 Å². The first-order valence-electron chi connectivity index (χ1n) is 4.61. The predicted molar refractivity (Wildman–Crippen MR) is 59.6 cm³/mol. The number of hydrogen-bond donors (Lipinski definition) is 1. The van der Waals surface area contributed by atoms with Crippen molar-refractivity contribution in [2.24, 2.45) is 0 Å². The number of benzene rings is 1. The molecular weight excluding hydrogens is 246 g/mol. The maximum absolute atomic E-state index is 11.4. The number of rotatable bonds is 1. The van der Waals surface area contributed by atoms with Crippen LogP contribution in [0.4, 0.5) is 4.79 Å². The molecule has 0 bridgehead atoms. The van der Waals surface area contributed by atoms with E-state index >= 15 is 0 Å². The zero-order valence-electron chi connectivity index (χ0n) is 8.82. The Balaban J connectivity index is 2.86. The van der Waals surface area contributed by atoms with Crippen LogP contribution in [0, 0.1) is 0 Å². The molecule has 2 aromatic rings. The van der Waals surface area contributed by atoms with Crippen LogP contribution in [0.5, 0.6) is 0 Å². The maximum atomic E-state index is 11.4. The van der Waals surface area contributed by atoms with Crippen molar-refractivity contribution < 1.29 is 22.5 Å². The van der Waals surface area contributed by atoms with Crippen molar-refractivity contribution in [2.45, 2.75) is 4.90 Å². The summed E-state index contributed by atoms with van der Waals surface area (Å²) in [5.41, 5.74) is 0.0989. The highest BCUT2D eigenvalue weighted by Gasteiger charge is 2.19. The van der Waals surface area contributed by atoms with Crippen LogP contribution in [0.25, 0.3) is 10.9 Å². The van der Waals surface area contributed by atoms with Crippen molar-refractivity contribution in [2.75, 3.05) is 7.11 Å². The van der Waals surface area contributed by atoms with Gasteiger partial charge in [-0.2, -0.15) is 8.42 Å². The van der Waals surface area contributed by atoms with E-state index in [4.69, 9.17) is 4.55 Å². The fourth-order valence-corrected chi connectivity index (χ4v) is 2.33. The second kappa shape index (κ2) is 3.86. The smallest absolute Gasteiger partial charge is 0.418 e. The molecule has 0 aliphatic heterocycles. The second-order valence-corrected chi connectivity index (χ2v) is 4.71. The van der Waals surface area contributed by atoms with E-state index in [1.165, 1.54) is 25.4 Å². The van der Waals surface area contributed by atoms with Gasteiger partial charge in [0.05, 0.1) is 12.6 Å². The van der Waals surface area contributed by atoms with Gasteiger partial charge in [0.25, 0.3) is 10.1 Å². The molecule has 0 amide bonds. The van der Waals surface area contributed by atoms with Gasteiger partial charge < -0.3 is 4.74 Å². The van der Waals surface area contributed by atoms with E-state index in [1.807, 2.05) is 0 Å². The fourth-order valence-electron chi connectivity index (χ4n) is 1.62. The highest BCUT2D eigenvalue weighted by atomic mass is 32.2. The van der Waals surface area contributed by atoms with Gasteiger partial charge >= 0.3 is 6.09 Å². The number of carbonyl (C=O) groups excluding carboxylic acids is 1. The molecule has 0 unspecified atom stereocenters. The standard InChI is InChI=1S/C10H9NO5S/c1-16-10(12)11-6-5-7-3-2-4-8(9(7)11)17(13,14)15/h2-6H,1H3,(H,13,14,15). The lowest BCUT2D eigenvalue weighted by atomic mass is 10.2. The highest BCUT2D eigenvalue weighted by molar-refractivity contribution is 7.86. The van der Waals surface area contributed by atoms with E-state index in [2.05, 4.69) is 4.74 Å². The van der Waals surface area contributed by atoms with Gasteiger partial charge in [-0.1, -0.05) is 12.1 Å². The maximum Gasteiger partial charge on any atom is 0.418 e. The molecule has 0 aliphatic carbocycles. The van der Waals surface area contributed by atoms with Crippen LogP contribution < -0.4 is 0 Å². The zero-order chi connectivity index (χ0) is 12.6. The van der Waals surface area contributed by atoms with Crippen LogP contribution in [-0.2, 0) is 14.9 Å². The number of carbonyl (C=O) groups is 1. The quantitative estimate of drug-likeness (QED) is 0.780. The number of methoxy groups -OCH3 is 1. The Morgan fingerprint density at radius 1 is 1.35 bits per heavy atom. The van der Waals surface area contributed by atoms with Gasteiger partial charge in [0.1, 0.15) is 4.90 Å². The van der Waals surface area contributed by atoms with E-state index in [1.54, 1.807) is 12.1 Å². The van der Waals surface area contributed by atoms with Gasteiger partial charge in [-0.3, -0.25) is 9.12 Å². The van der Waals surface area contributed by atoms with Crippen molar-refractivity contribution in [3.8, 4) is 0 Å². The Hall–Kier alpha value is -1.86. The Morgan fingerprint density at radius 3 is 2.65 bits per heavy atom. The minimum absolute atomic E-state index is 0.0989. The Bertz CT molecular complexity index is 686. The summed E-state index contributed by atoms with van der Waals surface area (Å²) < 4.78 is 37.0. The number of hydrogen-bond acceptors (Lipinski definition) is 4. The van der Waals surface area contributed by atoms with Crippen molar-refractivity contribution in [3.05, 3.63) is 30.5 Å². The largest absolute Gasteiger partial charge is 0.452 e. The molecule has 17 heavy (non-hydrogen) atoms. The molecule has 1 aromatic carbocycles. The minimum Gasteiger partial charge on any atom is -0.452 e. The monoisotopic (exact) mass is 255 g/mol. The number of aromatic nitrogens is 1. The molecule has 2 rings (SSSR count). The van der Waals surface area contributed by atoms with Gasteiger partial charge in [-0.15, -0.1) is 0 Å². The number of para-hydroxylation sites is 1. The third kappa shape index (κ3) is 1.90. The summed E-state index contributed by atoms with van der Waals surface area (Å²) in [5.74, 6) is 0. The van der Waals surface area contributed by atoms with Crippen LogP contribution in [-0.4, -0.2) is 30.7 Å². The molecule has 0 saturated carbocycles. The first-order chi connectivity index (χ1) is 7.95. The Labute approximate surface area is 97.2 Å². The molecule has 0 aliphatic rings. The first kappa shape index (κ1) is 11.6. The van der Waals surface area contributed by atoms with Crippen molar-refractivity contribution >= 4 is 27.1 Å². The Kier molecular flexibility index (Phi) is 2.64. The zero-order valence-corrected chi connectivity index (χ0v) is 9.64. The molecule has 0 radical (unpaired) electrons. The summed E-state index contributed by atoms with van der Waals surface area (Å²) in [7, 11) is -3.21. The van der Waals surface area contributed by atoms with E-state index in [9.17, 15) is 13.2 Å². The van der Waals surface area contributed by atoms with Crippen LogP contribution in [0.1, 0.15) is 0 Å². The van der Waals surface area contributed by atoms with E-state index < -0.39 is 16.2 Å². The number of ether oxygens (including phenoxy) is 1. The lowest BCUT2D eigenvalue weighted by Gasteiger charge is -2.05. The van der Waals surface area contributed by atoms with E-state index in [0.717, 1.165) is 4.57 Å². The topological polar surface area (TPSA) is 85.6 Å². The molecular formula is C10H9NO5S. The summed E-state index contributed by atoms with van der Waals surface area (Å²) in [5, 5.41) is 0.519.